The Kier molecular flexibility index (Phi) is 4.79. The highest BCUT2D eigenvalue weighted by Crippen LogP contribution is 2.32. The molecule has 3 rings (SSSR count). The first-order valence-electron chi connectivity index (χ1n) is 7.85. The summed E-state index contributed by atoms with van der Waals surface area (Å²) in [4.78, 5) is 26.3. The third-order valence-corrected chi connectivity index (χ3v) is 3.88. The van der Waals surface area contributed by atoms with Crippen molar-refractivity contribution in [1.82, 2.24) is 10.2 Å². The molecule has 0 aliphatic carbocycles. The van der Waals surface area contributed by atoms with Crippen molar-refractivity contribution in [2.24, 2.45) is 0 Å². The molecule has 0 atom stereocenters. The number of esters is 2. The minimum Gasteiger partial charge on any atom is -0.465 e. The molecule has 2 aromatic rings. The van der Waals surface area contributed by atoms with E-state index < -0.39 is 11.9 Å². The number of aromatic nitrogens is 2. The Hall–Kier alpha value is -3.48. The van der Waals surface area contributed by atoms with Crippen LogP contribution in [0.25, 0.3) is 10.9 Å². The lowest BCUT2D eigenvalue weighted by molar-refractivity contribution is -0.139. The van der Waals surface area contributed by atoms with Gasteiger partial charge in [0.1, 0.15) is 5.70 Å². The van der Waals surface area contributed by atoms with E-state index in [9.17, 15) is 9.59 Å². The van der Waals surface area contributed by atoms with Gasteiger partial charge in [0.05, 0.1) is 36.7 Å². The van der Waals surface area contributed by atoms with Gasteiger partial charge >= 0.3 is 11.9 Å². The predicted molar refractivity (Wildman–Crippen MR) is 96.1 cm³/mol. The average molecular weight is 351 g/mol. The average Bonchev–Trinajstić information content (AvgIpc) is 2.89. The molecule has 7 nitrogen and oxygen atoms in total. The lowest BCUT2D eigenvalue weighted by Gasteiger charge is -2.24. The lowest BCUT2D eigenvalue weighted by atomic mass is 10.1. The van der Waals surface area contributed by atoms with E-state index in [-0.39, 0.29) is 11.3 Å². The van der Waals surface area contributed by atoms with Gasteiger partial charge in [0, 0.05) is 11.6 Å². The molecule has 1 aliphatic rings. The van der Waals surface area contributed by atoms with Gasteiger partial charge in [0.25, 0.3) is 0 Å². The van der Waals surface area contributed by atoms with Gasteiger partial charge in [-0.15, -0.1) is 0 Å². The molecule has 0 amide bonds. The van der Waals surface area contributed by atoms with Gasteiger partial charge in [-0.25, -0.2) is 9.59 Å². The van der Waals surface area contributed by atoms with Gasteiger partial charge in [0.2, 0.25) is 0 Å². The second-order valence-corrected chi connectivity index (χ2v) is 5.51. The number of nitrogens with zero attached hydrogens (tertiary/aromatic N) is 3. The number of aryl methyl sites for hydroxylation is 1. The molecular formula is C19H17N3O4. The van der Waals surface area contributed by atoms with Gasteiger partial charge < -0.3 is 14.4 Å². The number of ether oxygens (including phenoxy) is 2. The highest BCUT2D eigenvalue weighted by atomic mass is 16.5. The molecular weight excluding hydrogens is 334 g/mol. The van der Waals surface area contributed by atoms with Gasteiger partial charge in [-0.1, -0.05) is 12.1 Å². The summed E-state index contributed by atoms with van der Waals surface area (Å²) in [5, 5.41) is 9.03. The van der Waals surface area contributed by atoms with Crippen molar-refractivity contribution < 1.29 is 19.1 Å². The van der Waals surface area contributed by atoms with Crippen molar-refractivity contribution >= 4 is 28.5 Å². The first kappa shape index (κ1) is 17.3. The molecule has 7 heteroatoms. The first-order chi connectivity index (χ1) is 12.6. The molecule has 1 aliphatic heterocycles. The molecule has 1 aromatic heterocycles. The zero-order valence-electron chi connectivity index (χ0n) is 14.6. The number of methoxy groups -OCH3 is 2. The second-order valence-electron chi connectivity index (χ2n) is 5.51. The summed E-state index contributed by atoms with van der Waals surface area (Å²) in [6, 6.07) is 7.34. The molecule has 132 valence electrons. The minimum absolute atomic E-state index is 0.0614. The van der Waals surface area contributed by atoms with Crippen LogP contribution in [0.3, 0.4) is 0 Å². The number of carbonyl (C=O) groups is 2. The van der Waals surface area contributed by atoms with E-state index in [2.05, 4.69) is 10.2 Å². The highest BCUT2D eigenvalue weighted by molar-refractivity contribution is 6.07. The molecule has 2 heterocycles. The summed E-state index contributed by atoms with van der Waals surface area (Å²) in [6.45, 7) is 1.83. The van der Waals surface area contributed by atoms with Crippen LogP contribution in [0.1, 0.15) is 5.69 Å². The number of fused-ring (bicyclic) bond motifs is 1. The van der Waals surface area contributed by atoms with E-state index in [1.54, 1.807) is 29.3 Å². The summed E-state index contributed by atoms with van der Waals surface area (Å²) >= 11 is 0. The Morgan fingerprint density at radius 2 is 1.81 bits per heavy atom. The Morgan fingerprint density at radius 1 is 1.04 bits per heavy atom. The molecule has 0 spiro atoms. The van der Waals surface area contributed by atoms with E-state index >= 15 is 0 Å². The van der Waals surface area contributed by atoms with E-state index in [1.165, 1.54) is 20.3 Å². The lowest BCUT2D eigenvalue weighted by Crippen LogP contribution is -2.27. The number of hydrogen-bond acceptors (Lipinski definition) is 7. The standard InChI is InChI=1S/C19H17N3O4/c1-12-11-14-15(21-20-12)8-6-9-16(14)22-10-5-4-7-13(18(23)25-2)17(22)19(24)26-3/h4-11H,1-3H3. The molecule has 0 bridgehead atoms. The van der Waals surface area contributed by atoms with Crippen molar-refractivity contribution in [2.75, 3.05) is 19.1 Å². The second kappa shape index (κ2) is 7.18. The SMILES string of the molecule is COC(=O)C1=C(C(=O)OC)N(c2cccc3nnc(C)cc23)C=CC=C1. The first-order valence-corrected chi connectivity index (χ1v) is 7.85. The maximum atomic E-state index is 12.5. The zero-order chi connectivity index (χ0) is 18.7. The third kappa shape index (κ3) is 3.06. The number of allylic oxidation sites excluding steroid dienone is 2. The normalized spacial score (nSPS) is 13.7. The van der Waals surface area contributed by atoms with Gasteiger partial charge in [-0.05, 0) is 37.3 Å². The summed E-state index contributed by atoms with van der Waals surface area (Å²) in [5.74, 6) is -1.29. The number of hydrogen-bond donors (Lipinski definition) is 0. The van der Waals surface area contributed by atoms with Crippen molar-refractivity contribution in [1.29, 1.82) is 0 Å². The van der Waals surface area contributed by atoms with Crippen LogP contribution in [0.2, 0.25) is 0 Å². The van der Waals surface area contributed by atoms with Gasteiger partial charge in [-0.2, -0.15) is 10.2 Å². The van der Waals surface area contributed by atoms with Crippen LogP contribution >= 0.6 is 0 Å². The topological polar surface area (TPSA) is 81.6 Å². The fourth-order valence-electron chi connectivity index (χ4n) is 2.71. The smallest absolute Gasteiger partial charge is 0.355 e. The summed E-state index contributed by atoms with van der Waals surface area (Å²) in [5.41, 5.74) is 2.23. The van der Waals surface area contributed by atoms with Crippen LogP contribution in [0.4, 0.5) is 5.69 Å². The van der Waals surface area contributed by atoms with E-state index in [1.807, 2.05) is 25.1 Å². The van der Waals surface area contributed by atoms with Crippen LogP contribution in [0.15, 0.2) is 60.0 Å². The van der Waals surface area contributed by atoms with Crippen molar-refractivity contribution in [3.8, 4) is 0 Å². The minimum atomic E-state index is -0.655. The monoisotopic (exact) mass is 351 g/mol. The summed E-state index contributed by atoms with van der Waals surface area (Å²) in [7, 11) is 2.52. The number of benzene rings is 1. The van der Waals surface area contributed by atoms with Crippen molar-refractivity contribution in [3.63, 3.8) is 0 Å². The van der Waals surface area contributed by atoms with Crippen LogP contribution in [0, 0.1) is 6.92 Å². The highest BCUT2D eigenvalue weighted by Gasteiger charge is 2.28. The third-order valence-electron chi connectivity index (χ3n) is 3.88. The van der Waals surface area contributed by atoms with Gasteiger partial charge in [-0.3, -0.25) is 0 Å². The maximum Gasteiger partial charge on any atom is 0.355 e. The molecule has 0 saturated heterocycles. The molecule has 0 saturated carbocycles. The van der Waals surface area contributed by atoms with E-state index in [4.69, 9.17) is 9.47 Å². The molecule has 0 unspecified atom stereocenters. The Morgan fingerprint density at radius 3 is 2.54 bits per heavy atom. The molecule has 26 heavy (non-hydrogen) atoms. The fourth-order valence-corrected chi connectivity index (χ4v) is 2.71. The molecule has 0 radical (unpaired) electrons. The van der Waals surface area contributed by atoms with Crippen LogP contribution in [-0.4, -0.2) is 36.4 Å². The number of anilines is 1. The summed E-state index contributed by atoms with van der Waals surface area (Å²) in [6.07, 6.45) is 6.58. The van der Waals surface area contributed by atoms with Crippen LogP contribution in [-0.2, 0) is 19.1 Å². The Labute approximate surface area is 150 Å². The largest absolute Gasteiger partial charge is 0.465 e. The molecule has 0 N–H and O–H groups in total. The van der Waals surface area contributed by atoms with Crippen molar-refractivity contribution in [2.45, 2.75) is 6.92 Å². The van der Waals surface area contributed by atoms with Gasteiger partial charge in [0.15, 0.2) is 0 Å². The van der Waals surface area contributed by atoms with E-state index in [0.29, 0.717) is 11.2 Å². The predicted octanol–water partition coefficient (Wildman–Crippen LogP) is 2.43. The van der Waals surface area contributed by atoms with Crippen molar-refractivity contribution in [3.05, 3.63) is 65.7 Å². The number of rotatable bonds is 3. The quantitative estimate of drug-likeness (QED) is 0.786. The molecule has 1 aromatic carbocycles. The summed E-state index contributed by atoms with van der Waals surface area (Å²) < 4.78 is 9.74. The van der Waals surface area contributed by atoms with Crippen LogP contribution < -0.4 is 4.90 Å². The van der Waals surface area contributed by atoms with E-state index in [0.717, 1.165) is 11.1 Å². The molecule has 0 fully saturated rings. The number of carbonyl (C=O) groups excluding carboxylic acids is 2. The maximum absolute atomic E-state index is 12.5. The van der Waals surface area contributed by atoms with Crippen LogP contribution in [0.5, 0.6) is 0 Å². The zero-order valence-corrected chi connectivity index (χ0v) is 14.6. The Balaban J connectivity index is 2.30. The fraction of sp³-hybridized carbons (Fsp3) is 0.158. The Bertz CT molecular complexity index is 976.